The molecule has 120 valence electrons. The highest BCUT2D eigenvalue weighted by Crippen LogP contribution is 2.24. The lowest BCUT2D eigenvalue weighted by Crippen LogP contribution is -2.34. The van der Waals surface area contributed by atoms with Crippen molar-refractivity contribution >= 4 is 33.5 Å². The van der Waals surface area contributed by atoms with E-state index in [9.17, 15) is 8.42 Å². The smallest absolute Gasteiger partial charge is 0.260 e. The third-order valence-electron chi connectivity index (χ3n) is 3.23. The molecule has 6 nitrogen and oxygen atoms in total. The first-order valence-corrected chi connectivity index (χ1v) is 10.7. The summed E-state index contributed by atoms with van der Waals surface area (Å²) in [7, 11) is -3.55. The lowest BCUT2D eigenvalue weighted by Gasteiger charge is -2.20. The van der Waals surface area contributed by atoms with E-state index in [-0.39, 0.29) is 5.03 Å². The van der Waals surface area contributed by atoms with Crippen molar-refractivity contribution in [1.82, 2.24) is 20.2 Å². The van der Waals surface area contributed by atoms with Crippen LogP contribution in [-0.4, -0.2) is 54.2 Å². The molecule has 1 aliphatic rings. The minimum absolute atomic E-state index is 0.120. The number of hydrogen-bond donors (Lipinski definition) is 3. The minimum Gasteiger partial charge on any atom is -0.313 e. The molecule has 21 heavy (non-hydrogen) atoms. The molecule has 1 atom stereocenters. The Morgan fingerprint density at radius 1 is 1.43 bits per heavy atom. The minimum atomic E-state index is -3.55. The van der Waals surface area contributed by atoms with Gasteiger partial charge in [-0.05, 0) is 13.5 Å². The van der Waals surface area contributed by atoms with Gasteiger partial charge in [-0.3, -0.25) is 5.10 Å². The third kappa shape index (κ3) is 4.62. The zero-order valence-electron chi connectivity index (χ0n) is 12.3. The summed E-state index contributed by atoms with van der Waals surface area (Å²) in [5, 5.41) is 10.4. The van der Waals surface area contributed by atoms with E-state index < -0.39 is 10.0 Å². The normalized spacial score (nSPS) is 19.8. The van der Waals surface area contributed by atoms with Gasteiger partial charge in [-0.2, -0.15) is 28.6 Å². The van der Waals surface area contributed by atoms with Gasteiger partial charge in [0.1, 0.15) is 0 Å². The Hall–Kier alpha value is -0.220. The lowest BCUT2D eigenvalue weighted by atomic mass is 10.2. The van der Waals surface area contributed by atoms with Gasteiger partial charge in [-0.1, -0.05) is 6.92 Å². The summed E-state index contributed by atoms with van der Waals surface area (Å²) >= 11 is 3.71. The maximum Gasteiger partial charge on any atom is 0.260 e. The van der Waals surface area contributed by atoms with Gasteiger partial charge in [0.05, 0.1) is 0 Å². The molecular weight excluding hydrogens is 328 g/mol. The first-order chi connectivity index (χ1) is 10.0. The molecule has 9 heteroatoms. The zero-order valence-corrected chi connectivity index (χ0v) is 14.8. The van der Waals surface area contributed by atoms with Gasteiger partial charge >= 0.3 is 0 Å². The quantitative estimate of drug-likeness (QED) is 0.679. The number of sulfonamides is 1. The molecule has 0 aliphatic carbocycles. The number of thioether (sulfide) groups is 2. The predicted octanol–water partition coefficient (Wildman–Crippen LogP) is 0.955. The second-order valence-corrected chi connectivity index (χ2v) is 9.07. The third-order valence-corrected chi connectivity index (χ3v) is 7.47. The van der Waals surface area contributed by atoms with Crippen LogP contribution < -0.4 is 10.0 Å². The molecule has 2 heterocycles. The molecule has 0 amide bonds. The number of aromatic nitrogens is 2. The Kier molecular flexibility index (Phi) is 6.42. The summed E-state index contributed by atoms with van der Waals surface area (Å²) < 4.78 is 27.6. The van der Waals surface area contributed by atoms with Gasteiger partial charge in [-0.15, -0.1) is 0 Å². The Balaban J connectivity index is 2.04. The van der Waals surface area contributed by atoms with Crippen molar-refractivity contribution in [3.05, 3.63) is 11.3 Å². The molecule has 1 saturated heterocycles. The van der Waals surface area contributed by atoms with E-state index in [2.05, 4.69) is 20.2 Å². The molecule has 1 unspecified atom stereocenters. The van der Waals surface area contributed by atoms with E-state index in [1.165, 1.54) is 0 Å². The number of rotatable bonds is 7. The largest absolute Gasteiger partial charge is 0.313 e. The summed E-state index contributed by atoms with van der Waals surface area (Å²) in [6.07, 6.45) is 0. The van der Waals surface area contributed by atoms with Gasteiger partial charge in [0.2, 0.25) is 0 Å². The average Bonchev–Trinajstić information content (AvgIpc) is 2.86. The van der Waals surface area contributed by atoms with Crippen molar-refractivity contribution in [1.29, 1.82) is 0 Å². The van der Waals surface area contributed by atoms with E-state index in [4.69, 9.17) is 0 Å². The molecule has 0 saturated carbocycles. The van der Waals surface area contributed by atoms with Crippen LogP contribution in [0.5, 0.6) is 0 Å². The van der Waals surface area contributed by atoms with Crippen LogP contribution in [-0.2, 0) is 16.6 Å². The van der Waals surface area contributed by atoms with Crippen molar-refractivity contribution in [2.24, 2.45) is 0 Å². The van der Waals surface area contributed by atoms with E-state index in [1.54, 1.807) is 0 Å². The van der Waals surface area contributed by atoms with Crippen molar-refractivity contribution < 1.29 is 8.42 Å². The van der Waals surface area contributed by atoms with Crippen LogP contribution >= 0.6 is 23.5 Å². The van der Waals surface area contributed by atoms with Crippen molar-refractivity contribution in [2.45, 2.75) is 30.7 Å². The average molecular weight is 351 g/mol. The van der Waals surface area contributed by atoms with Gasteiger partial charge < -0.3 is 5.32 Å². The second-order valence-electron chi connectivity index (χ2n) is 4.83. The topological polar surface area (TPSA) is 86.9 Å². The number of aryl methyl sites for hydroxylation is 1. The molecule has 1 aromatic heterocycles. The Labute approximate surface area is 134 Å². The van der Waals surface area contributed by atoms with Crippen LogP contribution in [0.4, 0.5) is 0 Å². The van der Waals surface area contributed by atoms with Gasteiger partial charge in [0, 0.05) is 46.9 Å². The van der Waals surface area contributed by atoms with Crippen LogP contribution in [0.3, 0.4) is 0 Å². The van der Waals surface area contributed by atoms with Gasteiger partial charge in [0.25, 0.3) is 10.0 Å². The SMILES string of the molecule is CCNCc1c(S(=O)(=O)NCC2CSCCS2)n[nH]c1C. The highest BCUT2D eigenvalue weighted by atomic mass is 32.2. The first kappa shape index (κ1) is 17.1. The summed E-state index contributed by atoms with van der Waals surface area (Å²) in [5.74, 6) is 3.24. The number of nitrogens with one attached hydrogen (secondary N) is 3. The monoisotopic (exact) mass is 350 g/mol. The lowest BCUT2D eigenvalue weighted by molar-refractivity contribution is 0.574. The molecule has 1 fully saturated rings. The Bertz CT molecular complexity index is 553. The van der Waals surface area contributed by atoms with E-state index >= 15 is 0 Å². The van der Waals surface area contributed by atoms with Crippen LogP contribution in [0.1, 0.15) is 18.2 Å². The fraction of sp³-hybridized carbons (Fsp3) is 0.750. The predicted molar refractivity (Wildman–Crippen MR) is 89.5 cm³/mol. The zero-order chi connectivity index (χ0) is 15.3. The van der Waals surface area contributed by atoms with E-state index in [1.807, 2.05) is 37.4 Å². The summed E-state index contributed by atoms with van der Waals surface area (Å²) in [6.45, 7) is 5.58. The summed E-state index contributed by atoms with van der Waals surface area (Å²) in [5.41, 5.74) is 1.51. The number of nitrogens with zero attached hydrogens (tertiary/aromatic N) is 1. The Morgan fingerprint density at radius 2 is 2.24 bits per heavy atom. The fourth-order valence-electron chi connectivity index (χ4n) is 2.04. The molecule has 3 N–H and O–H groups in total. The molecular formula is C12H22N4O2S3. The van der Waals surface area contributed by atoms with Crippen LogP contribution in [0.15, 0.2) is 5.03 Å². The maximum atomic E-state index is 12.4. The molecule has 2 rings (SSSR count). The number of aromatic amines is 1. The van der Waals surface area contributed by atoms with Gasteiger partial charge in [0.15, 0.2) is 5.03 Å². The number of hydrogen-bond acceptors (Lipinski definition) is 6. The highest BCUT2D eigenvalue weighted by Gasteiger charge is 2.25. The molecule has 1 aliphatic heterocycles. The first-order valence-electron chi connectivity index (χ1n) is 6.98. The maximum absolute atomic E-state index is 12.4. The molecule has 0 radical (unpaired) electrons. The number of H-pyrrole nitrogens is 1. The van der Waals surface area contributed by atoms with E-state index in [0.29, 0.717) is 18.3 Å². The standard InChI is InChI=1S/C12H22N4O2S3/c1-3-13-7-11-9(2)15-16-12(11)21(17,18)14-6-10-8-19-4-5-20-10/h10,13-14H,3-8H2,1-2H3,(H,15,16). The van der Waals surface area contributed by atoms with Crippen LogP contribution in [0.2, 0.25) is 0 Å². The van der Waals surface area contributed by atoms with Gasteiger partial charge in [-0.25, -0.2) is 13.1 Å². The van der Waals surface area contributed by atoms with Crippen LogP contribution in [0.25, 0.3) is 0 Å². The van der Waals surface area contributed by atoms with Crippen molar-refractivity contribution in [2.75, 3.05) is 30.3 Å². The van der Waals surface area contributed by atoms with Crippen molar-refractivity contribution in [3.63, 3.8) is 0 Å². The summed E-state index contributed by atoms with van der Waals surface area (Å²) in [4.78, 5) is 0. The molecule has 1 aromatic rings. The Morgan fingerprint density at radius 3 is 2.90 bits per heavy atom. The molecule has 0 aromatic carbocycles. The highest BCUT2D eigenvalue weighted by molar-refractivity contribution is 8.06. The summed E-state index contributed by atoms with van der Waals surface area (Å²) in [6, 6.07) is 0. The van der Waals surface area contributed by atoms with E-state index in [0.717, 1.165) is 35.1 Å². The fourth-order valence-corrected chi connectivity index (χ4v) is 6.03. The molecule has 0 bridgehead atoms. The second kappa shape index (κ2) is 7.87. The van der Waals surface area contributed by atoms with Crippen LogP contribution in [0, 0.1) is 6.92 Å². The van der Waals surface area contributed by atoms with Crippen molar-refractivity contribution in [3.8, 4) is 0 Å². The molecule has 0 spiro atoms.